The van der Waals surface area contributed by atoms with Crippen LogP contribution in [0.2, 0.25) is 0 Å². The molecule has 2 rings (SSSR count). The third-order valence-corrected chi connectivity index (χ3v) is 2.73. The Bertz CT molecular complexity index is 476. The Hall–Kier alpha value is -1.84. The molecule has 17 heavy (non-hydrogen) atoms. The number of hydrogen-bond donors (Lipinski definition) is 1. The number of nitrogens with one attached hydrogen (secondary N) is 1. The Labute approximate surface area is 100 Å². The summed E-state index contributed by atoms with van der Waals surface area (Å²) in [5.74, 6) is -0.204. The van der Waals surface area contributed by atoms with Crippen molar-refractivity contribution in [2.45, 2.75) is 19.4 Å². The second-order valence-electron chi connectivity index (χ2n) is 4.06. The van der Waals surface area contributed by atoms with Gasteiger partial charge in [-0.2, -0.15) is 5.10 Å². The van der Waals surface area contributed by atoms with E-state index in [1.54, 1.807) is 10.9 Å². The highest BCUT2D eigenvalue weighted by Gasteiger charge is 2.09. The molecule has 0 aliphatic carbocycles. The zero-order valence-corrected chi connectivity index (χ0v) is 10.0. The number of benzene rings is 1. The summed E-state index contributed by atoms with van der Waals surface area (Å²) in [6, 6.07) is 6.78. The molecule has 2 aromatic rings. The smallest absolute Gasteiger partial charge is 0.123 e. The van der Waals surface area contributed by atoms with E-state index in [1.807, 2.05) is 25.4 Å². The van der Waals surface area contributed by atoms with Crippen molar-refractivity contribution in [3.63, 3.8) is 0 Å². The number of anilines is 1. The summed E-state index contributed by atoms with van der Waals surface area (Å²) in [4.78, 5) is 0. The molecule has 1 heterocycles. The standard InChI is InChI=1S/C13H16FN3/c1-3-13(10-4-6-11(14)7-5-10)16-12-8-15-17(2)9-12/h4-9,13,16H,3H2,1-2H3. The van der Waals surface area contributed by atoms with E-state index in [0.717, 1.165) is 17.7 Å². The number of halogens is 1. The molecule has 0 saturated carbocycles. The summed E-state index contributed by atoms with van der Waals surface area (Å²) in [5, 5.41) is 7.49. The molecule has 3 nitrogen and oxygen atoms in total. The second kappa shape index (κ2) is 4.99. The van der Waals surface area contributed by atoms with Crippen molar-refractivity contribution in [1.82, 2.24) is 9.78 Å². The summed E-state index contributed by atoms with van der Waals surface area (Å²) in [5.41, 5.74) is 2.06. The zero-order valence-electron chi connectivity index (χ0n) is 10.0. The zero-order chi connectivity index (χ0) is 12.3. The lowest BCUT2D eigenvalue weighted by Gasteiger charge is -2.17. The van der Waals surface area contributed by atoms with Crippen LogP contribution in [0, 0.1) is 5.82 Å². The summed E-state index contributed by atoms with van der Waals surface area (Å²) < 4.78 is 14.6. The minimum atomic E-state index is -0.204. The molecular weight excluding hydrogens is 217 g/mol. The number of rotatable bonds is 4. The maximum absolute atomic E-state index is 12.9. The van der Waals surface area contributed by atoms with Gasteiger partial charge in [0.15, 0.2) is 0 Å². The first kappa shape index (κ1) is 11.6. The fourth-order valence-electron chi connectivity index (χ4n) is 1.81. The summed E-state index contributed by atoms with van der Waals surface area (Å²) in [7, 11) is 1.88. The molecule has 0 amide bonds. The van der Waals surface area contributed by atoms with Gasteiger partial charge in [-0.15, -0.1) is 0 Å². The molecule has 1 unspecified atom stereocenters. The third kappa shape index (κ3) is 2.84. The van der Waals surface area contributed by atoms with E-state index in [0.29, 0.717) is 0 Å². The minimum Gasteiger partial charge on any atom is -0.376 e. The highest BCUT2D eigenvalue weighted by molar-refractivity contribution is 5.41. The van der Waals surface area contributed by atoms with Crippen LogP contribution in [0.5, 0.6) is 0 Å². The minimum absolute atomic E-state index is 0.180. The summed E-state index contributed by atoms with van der Waals surface area (Å²) in [6.45, 7) is 2.09. The average Bonchev–Trinajstić information content (AvgIpc) is 2.73. The van der Waals surface area contributed by atoms with Crippen molar-refractivity contribution in [2.75, 3.05) is 5.32 Å². The molecule has 90 valence electrons. The first-order valence-electron chi connectivity index (χ1n) is 5.69. The van der Waals surface area contributed by atoms with Crippen LogP contribution in [0.3, 0.4) is 0 Å². The molecule has 0 spiro atoms. The molecule has 0 aliphatic rings. The predicted octanol–water partition coefficient (Wildman–Crippen LogP) is 3.12. The maximum Gasteiger partial charge on any atom is 0.123 e. The Balaban J connectivity index is 2.13. The molecule has 0 aliphatic heterocycles. The Morgan fingerprint density at radius 2 is 2.06 bits per heavy atom. The van der Waals surface area contributed by atoms with Gasteiger partial charge in [0.25, 0.3) is 0 Å². The quantitative estimate of drug-likeness (QED) is 0.879. The van der Waals surface area contributed by atoms with Crippen molar-refractivity contribution in [3.05, 3.63) is 48.0 Å². The number of aromatic nitrogens is 2. The van der Waals surface area contributed by atoms with Crippen molar-refractivity contribution >= 4 is 5.69 Å². The van der Waals surface area contributed by atoms with Crippen LogP contribution >= 0.6 is 0 Å². The van der Waals surface area contributed by atoms with Gasteiger partial charge >= 0.3 is 0 Å². The number of nitrogens with zero attached hydrogens (tertiary/aromatic N) is 2. The van der Waals surface area contributed by atoms with Crippen LogP contribution in [0.25, 0.3) is 0 Å². The highest BCUT2D eigenvalue weighted by Crippen LogP contribution is 2.22. The van der Waals surface area contributed by atoms with E-state index in [4.69, 9.17) is 0 Å². The molecule has 1 atom stereocenters. The maximum atomic E-state index is 12.9. The van der Waals surface area contributed by atoms with Gasteiger partial charge in [0, 0.05) is 13.2 Å². The van der Waals surface area contributed by atoms with Gasteiger partial charge in [-0.3, -0.25) is 4.68 Å². The number of aryl methyl sites for hydroxylation is 1. The lowest BCUT2D eigenvalue weighted by atomic mass is 10.0. The molecule has 0 fully saturated rings. The van der Waals surface area contributed by atoms with Gasteiger partial charge < -0.3 is 5.32 Å². The van der Waals surface area contributed by atoms with Crippen LogP contribution in [0.4, 0.5) is 10.1 Å². The molecule has 0 saturated heterocycles. The van der Waals surface area contributed by atoms with Crippen LogP contribution in [0.1, 0.15) is 24.9 Å². The van der Waals surface area contributed by atoms with Gasteiger partial charge in [-0.1, -0.05) is 19.1 Å². The first-order chi connectivity index (χ1) is 8.19. The van der Waals surface area contributed by atoms with Crippen LogP contribution in [-0.2, 0) is 7.05 Å². The lowest BCUT2D eigenvalue weighted by Crippen LogP contribution is -2.09. The second-order valence-corrected chi connectivity index (χ2v) is 4.06. The predicted molar refractivity (Wildman–Crippen MR) is 66.3 cm³/mol. The molecule has 0 bridgehead atoms. The topological polar surface area (TPSA) is 29.9 Å². The Kier molecular flexibility index (Phi) is 3.42. The molecule has 0 radical (unpaired) electrons. The molecule has 1 N–H and O–H groups in total. The van der Waals surface area contributed by atoms with Gasteiger partial charge in [0.1, 0.15) is 5.82 Å². The van der Waals surface area contributed by atoms with Crippen LogP contribution in [0.15, 0.2) is 36.7 Å². The van der Waals surface area contributed by atoms with E-state index in [-0.39, 0.29) is 11.9 Å². The van der Waals surface area contributed by atoms with E-state index >= 15 is 0 Å². The van der Waals surface area contributed by atoms with E-state index in [2.05, 4.69) is 17.3 Å². The highest BCUT2D eigenvalue weighted by atomic mass is 19.1. The lowest BCUT2D eigenvalue weighted by molar-refractivity contribution is 0.625. The molecule has 1 aromatic carbocycles. The van der Waals surface area contributed by atoms with E-state index in [9.17, 15) is 4.39 Å². The van der Waals surface area contributed by atoms with E-state index < -0.39 is 0 Å². The monoisotopic (exact) mass is 233 g/mol. The molecule has 4 heteroatoms. The van der Waals surface area contributed by atoms with E-state index in [1.165, 1.54) is 12.1 Å². The summed E-state index contributed by atoms with van der Waals surface area (Å²) in [6.07, 6.45) is 4.64. The molecule has 1 aromatic heterocycles. The fraction of sp³-hybridized carbons (Fsp3) is 0.308. The fourth-order valence-corrected chi connectivity index (χ4v) is 1.81. The van der Waals surface area contributed by atoms with Crippen molar-refractivity contribution in [3.8, 4) is 0 Å². The van der Waals surface area contributed by atoms with Crippen molar-refractivity contribution in [1.29, 1.82) is 0 Å². The van der Waals surface area contributed by atoms with Gasteiger partial charge in [0.05, 0.1) is 17.9 Å². The van der Waals surface area contributed by atoms with Gasteiger partial charge in [0.2, 0.25) is 0 Å². The first-order valence-corrected chi connectivity index (χ1v) is 5.69. The SMILES string of the molecule is CCC(Nc1cnn(C)c1)c1ccc(F)cc1. The average molecular weight is 233 g/mol. The number of hydrogen-bond acceptors (Lipinski definition) is 2. The molecular formula is C13H16FN3. The summed E-state index contributed by atoms with van der Waals surface area (Å²) >= 11 is 0. The Morgan fingerprint density at radius 3 is 2.59 bits per heavy atom. The van der Waals surface area contributed by atoms with Crippen molar-refractivity contribution in [2.24, 2.45) is 7.05 Å². The normalized spacial score (nSPS) is 12.4. The van der Waals surface area contributed by atoms with Gasteiger partial charge in [-0.05, 0) is 24.1 Å². The van der Waals surface area contributed by atoms with Crippen LogP contribution < -0.4 is 5.32 Å². The largest absolute Gasteiger partial charge is 0.376 e. The van der Waals surface area contributed by atoms with Crippen molar-refractivity contribution < 1.29 is 4.39 Å². The third-order valence-electron chi connectivity index (χ3n) is 2.73. The van der Waals surface area contributed by atoms with Gasteiger partial charge in [-0.25, -0.2) is 4.39 Å². The van der Waals surface area contributed by atoms with Crippen LogP contribution in [-0.4, -0.2) is 9.78 Å². The Morgan fingerprint density at radius 1 is 1.35 bits per heavy atom.